The smallest absolute Gasteiger partial charge is 0.104 e. The number of aromatic amines is 1. The minimum Gasteiger partial charge on any atom is -0.345 e. The average molecular weight is 121 g/mol. The van der Waals surface area contributed by atoms with Crippen LogP contribution in [0.5, 0.6) is 0 Å². The normalized spacial score (nSPS) is 14.9. The number of H-pyrrole nitrogens is 1. The topological polar surface area (TPSA) is 28.7 Å². The Morgan fingerprint density at radius 1 is 1.67 bits per heavy atom. The number of hydrogen-bond acceptors (Lipinski definition) is 1. The van der Waals surface area contributed by atoms with Crippen molar-refractivity contribution in [2.75, 3.05) is 0 Å². The molecule has 0 atom stereocenters. The van der Waals surface area contributed by atoms with Gasteiger partial charge in [-0.1, -0.05) is 12.1 Å². The number of fused-ring (bicyclic) bond motifs is 1. The van der Waals surface area contributed by atoms with Gasteiger partial charge in [0.1, 0.15) is 1.37 Å². The molecule has 1 aromatic carbocycles. The number of imidazole rings is 1. The summed E-state index contributed by atoms with van der Waals surface area (Å²) >= 11 is 0. The Bertz CT molecular complexity index is 435. The number of rotatable bonds is 0. The molecule has 0 aliphatic heterocycles. The minimum atomic E-state index is 0.0316. The molecule has 2 rings (SSSR count). The summed E-state index contributed by atoms with van der Waals surface area (Å²) in [5.41, 5.74) is 1.04. The van der Waals surface area contributed by atoms with Gasteiger partial charge in [0.2, 0.25) is 0 Å². The van der Waals surface area contributed by atoms with E-state index in [1.165, 1.54) is 6.07 Å². The van der Waals surface area contributed by atoms with E-state index >= 15 is 0 Å². The second-order valence-electron chi connectivity index (χ2n) is 1.71. The number of para-hydroxylation sites is 2. The highest BCUT2D eigenvalue weighted by molar-refractivity contribution is 5.73. The number of nitrogens with zero attached hydrogens (tertiary/aromatic N) is 1. The van der Waals surface area contributed by atoms with Crippen molar-refractivity contribution < 1.29 is 4.11 Å². The van der Waals surface area contributed by atoms with Crippen LogP contribution < -0.4 is 0 Å². The van der Waals surface area contributed by atoms with E-state index in [4.69, 9.17) is 4.11 Å². The maximum absolute atomic E-state index is 7.46. The predicted octanol–water partition coefficient (Wildman–Crippen LogP) is 1.56. The summed E-state index contributed by atoms with van der Waals surface area (Å²) in [7, 11) is 0. The van der Waals surface area contributed by atoms with Crippen LogP contribution in [0, 0.1) is 0 Å². The first-order valence-corrected chi connectivity index (χ1v) is 2.61. The van der Waals surface area contributed by atoms with Crippen LogP contribution in [0.3, 0.4) is 0 Å². The van der Waals surface area contributed by atoms with Gasteiger partial charge in [0.15, 0.2) is 0 Å². The second-order valence-corrected chi connectivity index (χ2v) is 1.71. The summed E-state index contributed by atoms with van der Waals surface area (Å²) < 4.78 is 22.0. The van der Waals surface area contributed by atoms with Crippen molar-refractivity contribution in [2.45, 2.75) is 0 Å². The highest BCUT2D eigenvalue weighted by atomic mass is 14.9. The van der Waals surface area contributed by atoms with E-state index in [0.717, 1.165) is 0 Å². The first-order chi connectivity index (χ1) is 5.68. The number of hydrogen-bond donors (Lipinski definition) is 1. The molecule has 0 bridgehead atoms. The summed E-state index contributed by atoms with van der Waals surface area (Å²) in [5, 5.41) is 0. The van der Waals surface area contributed by atoms with E-state index in [1.807, 2.05) is 0 Å². The van der Waals surface area contributed by atoms with Gasteiger partial charge in [-0.3, -0.25) is 0 Å². The number of aromatic nitrogens is 2. The van der Waals surface area contributed by atoms with Gasteiger partial charge in [-0.05, 0) is 12.1 Å². The summed E-state index contributed by atoms with van der Waals surface area (Å²) in [4.78, 5) is 6.44. The first-order valence-electron chi connectivity index (χ1n) is 4.11. The molecule has 2 heteroatoms. The van der Waals surface area contributed by atoms with Crippen molar-refractivity contribution in [3.63, 3.8) is 0 Å². The third-order valence-electron chi connectivity index (χ3n) is 1.14. The third kappa shape index (κ3) is 0.598. The summed E-state index contributed by atoms with van der Waals surface area (Å²) in [5.74, 6) is 0. The monoisotopic (exact) mass is 121 g/mol. The Morgan fingerprint density at radius 2 is 2.67 bits per heavy atom. The van der Waals surface area contributed by atoms with Crippen LogP contribution in [0.25, 0.3) is 11.0 Å². The third-order valence-corrected chi connectivity index (χ3v) is 1.14. The van der Waals surface area contributed by atoms with Crippen molar-refractivity contribution in [3.05, 3.63) is 30.5 Å². The van der Waals surface area contributed by atoms with E-state index in [0.29, 0.717) is 11.0 Å². The Labute approximate surface area is 56.8 Å². The molecule has 2 nitrogen and oxygen atoms in total. The highest BCUT2D eigenvalue weighted by Gasteiger charge is 1.88. The Morgan fingerprint density at radius 3 is 3.67 bits per heavy atom. The zero-order valence-electron chi connectivity index (χ0n) is 7.60. The maximum atomic E-state index is 7.46. The molecule has 0 unspecified atom stereocenters. The number of nitrogens with one attached hydrogen (secondary N) is 1. The molecule has 0 saturated carbocycles. The van der Waals surface area contributed by atoms with E-state index in [2.05, 4.69) is 9.97 Å². The Balaban J connectivity index is 2.89. The van der Waals surface area contributed by atoms with Crippen LogP contribution in [-0.4, -0.2) is 9.97 Å². The van der Waals surface area contributed by atoms with E-state index in [1.54, 1.807) is 6.07 Å². The van der Waals surface area contributed by atoms with Crippen LogP contribution >= 0.6 is 0 Å². The first kappa shape index (κ1) is 2.52. The lowest BCUT2D eigenvalue weighted by Crippen LogP contribution is -1.63. The van der Waals surface area contributed by atoms with Crippen LogP contribution in [0.15, 0.2) is 30.5 Å². The molecular weight excluding hydrogens is 112 g/mol. The van der Waals surface area contributed by atoms with Gasteiger partial charge < -0.3 is 4.98 Å². The van der Waals surface area contributed by atoms with Gasteiger partial charge >= 0.3 is 0 Å². The van der Waals surface area contributed by atoms with Gasteiger partial charge in [-0.25, -0.2) is 4.98 Å². The fraction of sp³-hybridized carbons (Fsp3) is 0. The average Bonchev–Trinajstić information content (AvgIpc) is 2.39. The van der Waals surface area contributed by atoms with Crippen molar-refractivity contribution in [1.29, 1.82) is 0 Å². The lowest BCUT2D eigenvalue weighted by molar-refractivity contribution is 1.34. The zero-order chi connectivity index (χ0) is 8.72. The van der Waals surface area contributed by atoms with Crippen molar-refractivity contribution in [2.24, 2.45) is 0 Å². The van der Waals surface area contributed by atoms with Crippen LogP contribution in [0.1, 0.15) is 4.11 Å². The van der Waals surface area contributed by atoms with Gasteiger partial charge in [0.25, 0.3) is 0 Å². The summed E-state index contributed by atoms with van der Waals surface area (Å²) in [6, 6.07) is 3.37. The Kier molecular flexibility index (Phi) is 0.444. The standard InChI is InChI=1S/C7H6N2/c1-2-4-7-6(3-1)8-5-9-7/h1-5H,(H,8,9)/i1D,3D,5D. The second kappa shape index (κ2) is 1.58. The molecule has 1 heterocycles. The molecule has 0 amide bonds. The molecule has 0 aliphatic carbocycles. The van der Waals surface area contributed by atoms with E-state index in [9.17, 15) is 0 Å². The summed E-state index contributed by atoms with van der Waals surface area (Å²) in [6.07, 6.45) is 0.0316. The Hall–Kier alpha value is -1.31. The fourth-order valence-corrected chi connectivity index (χ4v) is 0.714. The molecule has 0 fully saturated rings. The zero-order valence-corrected chi connectivity index (χ0v) is 4.60. The van der Waals surface area contributed by atoms with Gasteiger partial charge in [-0.15, -0.1) is 0 Å². The predicted molar refractivity (Wildman–Crippen MR) is 36.1 cm³/mol. The number of benzene rings is 1. The molecule has 0 saturated heterocycles. The molecule has 2 aromatic rings. The van der Waals surface area contributed by atoms with E-state index < -0.39 is 0 Å². The molecule has 0 radical (unpaired) electrons. The van der Waals surface area contributed by atoms with Gasteiger partial charge in [-0.2, -0.15) is 0 Å². The SMILES string of the molecule is [2H]c1nc2ccc([2H])c([2H])c2[nH]1. The molecule has 0 aliphatic rings. The highest BCUT2D eigenvalue weighted by Crippen LogP contribution is 2.05. The molecule has 1 aromatic heterocycles. The lowest BCUT2D eigenvalue weighted by atomic mass is 10.3. The molecular formula is C7H6N2. The van der Waals surface area contributed by atoms with Crippen LogP contribution in [0.2, 0.25) is 0 Å². The van der Waals surface area contributed by atoms with Crippen molar-refractivity contribution in [3.8, 4) is 0 Å². The largest absolute Gasteiger partial charge is 0.345 e. The maximum Gasteiger partial charge on any atom is 0.104 e. The summed E-state index contributed by atoms with van der Waals surface area (Å²) in [6.45, 7) is 0. The van der Waals surface area contributed by atoms with E-state index in [-0.39, 0.29) is 18.4 Å². The van der Waals surface area contributed by atoms with Gasteiger partial charge in [0.05, 0.1) is 20.1 Å². The minimum absolute atomic E-state index is 0.0316. The molecule has 44 valence electrons. The molecule has 1 N–H and O–H groups in total. The quantitative estimate of drug-likeness (QED) is 0.563. The molecule has 0 spiro atoms. The van der Waals surface area contributed by atoms with Crippen molar-refractivity contribution >= 4 is 11.0 Å². The van der Waals surface area contributed by atoms with Crippen LogP contribution in [0.4, 0.5) is 0 Å². The van der Waals surface area contributed by atoms with Crippen molar-refractivity contribution in [1.82, 2.24) is 9.97 Å². The fourth-order valence-electron chi connectivity index (χ4n) is 0.714. The lowest BCUT2D eigenvalue weighted by Gasteiger charge is -1.81. The van der Waals surface area contributed by atoms with Crippen LogP contribution in [-0.2, 0) is 0 Å². The van der Waals surface area contributed by atoms with Gasteiger partial charge in [0, 0.05) is 0 Å². The molecule has 9 heavy (non-hydrogen) atoms.